The zero-order valence-electron chi connectivity index (χ0n) is 28.8. The van der Waals surface area contributed by atoms with Crippen LogP contribution in [0.4, 0.5) is 10.5 Å². The van der Waals surface area contributed by atoms with Crippen molar-refractivity contribution in [3.8, 4) is 16.9 Å². The summed E-state index contributed by atoms with van der Waals surface area (Å²) < 4.78 is 13.0. The molecule has 6 rings (SSSR count). The number of nitrogens with one attached hydrogen (secondary N) is 1. The van der Waals surface area contributed by atoms with E-state index in [0.29, 0.717) is 17.9 Å². The van der Waals surface area contributed by atoms with Crippen molar-refractivity contribution in [1.29, 1.82) is 0 Å². The van der Waals surface area contributed by atoms with Gasteiger partial charge in [0.05, 0.1) is 19.3 Å². The first-order valence-corrected chi connectivity index (χ1v) is 17.7. The number of carbonyl (C=O) groups is 2. The Hall–Kier alpha value is -3.81. The van der Waals surface area contributed by atoms with E-state index in [1.807, 2.05) is 27.0 Å². The molecule has 3 saturated carbocycles. The molecule has 0 radical (unpaired) electrons. The number of aromatic nitrogens is 2. The lowest BCUT2D eigenvalue weighted by atomic mass is 9.78. The van der Waals surface area contributed by atoms with E-state index in [1.165, 1.54) is 24.0 Å². The minimum absolute atomic E-state index is 0.0329. The smallest absolute Gasteiger partial charge is 0.407 e. The minimum Gasteiger partial charge on any atom is -0.496 e. The number of aryl methyl sites for hydroxylation is 1. The number of hydrogen-bond acceptors (Lipinski definition) is 5. The Kier molecular flexibility index (Phi) is 9.95. The van der Waals surface area contributed by atoms with Gasteiger partial charge in [-0.3, -0.25) is 9.48 Å². The number of benzene rings is 2. The molecule has 252 valence electrons. The predicted octanol–water partition coefficient (Wildman–Crippen LogP) is 8.59. The number of ether oxygens (including phenoxy) is 2. The van der Waals surface area contributed by atoms with Gasteiger partial charge in [-0.2, -0.15) is 5.10 Å². The maximum atomic E-state index is 14.4. The van der Waals surface area contributed by atoms with Crippen molar-refractivity contribution in [2.24, 2.45) is 11.8 Å². The predicted molar refractivity (Wildman–Crippen MR) is 186 cm³/mol. The van der Waals surface area contributed by atoms with E-state index >= 15 is 0 Å². The van der Waals surface area contributed by atoms with Crippen molar-refractivity contribution in [3.05, 3.63) is 66.0 Å². The number of alkyl carbamates (subject to hydrolysis) is 1. The Balaban J connectivity index is 1.15. The van der Waals surface area contributed by atoms with E-state index in [1.54, 1.807) is 7.11 Å². The highest BCUT2D eigenvalue weighted by Gasteiger charge is 2.34. The molecule has 0 unspecified atom stereocenters. The van der Waals surface area contributed by atoms with Crippen molar-refractivity contribution in [1.82, 2.24) is 15.1 Å². The van der Waals surface area contributed by atoms with E-state index in [4.69, 9.17) is 9.47 Å². The third kappa shape index (κ3) is 8.38. The second-order valence-corrected chi connectivity index (χ2v) is 15.1. The molecule has 2 amide bonds. The molecule has 3 fully saturated rings. The lowest BCUT2D eigenvalue weighted by Gasteiger charge is -2.36. The van der Waals surface area contributed by atoms with Crippen LogP contribution in [0.25, 0.3) is 11.1 Å². The lowest BCUT2D eigenvalue weighted by molar-refractivity contribution is -0.123. The fourth-order valence-electron chi connectivity index (χ4n) is 7.47. The number of anilines is 1. The summed E-state index contributed by atoms with van der Waals surface area (Å²) in [5.74, 6) is 2.07. The standard InChI is InChI=1S/C39H52N4O4/c1-26-21-31(15-20-36(26)46-5)28-11-9-27(10-12-28)24-42(35-8-6-7-30(22-35)32-23-40-43(25-32)34-18-19-34)37(44)29-13-16-33(17-14-29)41-38(45)47-39(2,3)4/h6-8,15,20-23,25,27-29,33-34H,9-14,16-19,24H2,1-5H3,(H,41,45). The first-order valence-electron chi connectivity index (χ1n) is 17.7. The zero-order valence-corrected chi connectivity index (χ0v) is 28.8. The van der Waals surface area contributed by atoms with E-state index in [0.717, 1.165) is 80.5 Å². The average Bonchev–Trinajstić information content (AvgIpc) is 3.79. The van der Waals surface area contributed by atoms with Gasteiger partial charge < -0.3 is 19.7 Å². The molecule has 0 aliphatic heterocycles. The molecule has 3 aliphatic carbocycles. The third-order valence-electron chi connectivity index (χ3n) is 10.3. The summed E-state index contributed by atoms with van der Waals surface area (Å²) in [6.45, 7) is 8.46. The van der Waals surface area contributed by atoms with Crippen LogP contribution in [0.15, 0.2) is 54.9 Å². The van der Waals surface area contributed by atoms with Crippen molar-refractivity contribution in [2.45, 2.75) is 116 Å². The number of amides is 2. The topological polar surface area (TPSA) is 85.7 Å². The van der Waals surface area contributed by atoms with Crippen molar-refractivity contribution >= 4 is 17.7 Å². The lowest BCUT2D eigenvalue weighted by Crippen LogP contribution is -2.45. The summed E-state index contributed by atoms with van der Waals surface area (Å²) in [7, 11) is 1.73. The van der Waals surface area contributed by atoms with E-state index in [9.17, 15) is 9.59 Å². The highest BCUT2D eigenvalue weighted by Crippen LogP contribution is 2.40. The van der Waals surface area contributed by atoms with E-state index in [2.05, 4.69) is 75.6 Å². The molecule has 2 aromatic carbocycles. The van der Waals surface area contributed by atoms with E-state index < -0.39 is 5.60 Å². The zero-order chi connectivity index (χ0) is 33.1. The minimum atomic E-state index is -0.532. The van der Waals surface area contributed by atoms with Crippen molar-refractivity contribution in [2.75, 3.05) is 18.6 Å². The van der Waals surface area contributed by atoms with Crippen LogP contribution in [0.5, 0.6) is 5.75 Å². The van der Waals surface area contributed by atoms with Crippen LogP contribution in [0, 0.1) is 18.8 Å². The number of nitrogens with zero attached hydrogens (tertiary/aromatic N) is 3. The Bertz CT molecular complexity index is 1540. The van der Waals surface area contributed by atoms with Gasteiger partial charge in [0.15, 0.2) is 0 Å². The van der Waals surface area contributed by atoms with Gasteiger partial charge in [-0.15, -0.1) is 0 Å². The van der Waals surface area contributed by atoms with Gasteiger partial charge in [-0.1, -0.05) is 24.3 Å². The molecular formula is C39H52N4O4. The molecular weight excluding hydrogens is 588 g/mol. The van der Waals surface area contributed by atoms with Gasteiger partial charge in [0.25, 0.3) is 0 Å². The Morgan fingerprint density at radius 1 is 0.936 bits per heavy atom. The quantitative estimate of drug-likeness (QED) is 0.253. The molecule has 47 heavy (non-hydrogen) atoms. The molecule has 0 bridgehead atoms. The Morgan fingerprint density at radius 2 is 1.68 bits per heavy atom. The summed E-state index contributed by atoms with van der Waals surface area (Å²) in [4.78, 5) is 28.9. The fourth-order valence-corrected chi connectivity index (χ4v) is 7.47. The molecule has 0 saturated heterocycles. The van der Waals surface area contributed by atoms with Crippen LogP contribution in [-0.2, 0) is 9.53 Å². The normalized spacial score (nSPS) is 23.2. The maximum absolute atomic E-state index is 14.4. The van der Waals surface area contributed by atoms with Crippen LogP contribution in [0.3, 0.4) is 0 Å². The number of rotatable bonds is 9. The molecule has 8 heteroatoms. The largest absolute Gasteiger partial charge is 0.496 e. The summed E-state index contributed by atoms with van der Waals surface area (Å²) in [6.07, 6.45) is 13.6. The van der Waals surface area contributed by atoms with Crippen molar-refractivity contribution in [3.63, 3.8) is 0 Å². The van der Waals surface area contributed by atoms with Gasteiger partial charge >= 0.3 is 6.09 Å². The van der Waals surface area contributed by atoms with Gasteiger partial charge in [0.1, 0.15) is 11.4 Å². The van der Waals surface area contributed by atoms with Gasteiger partial charge in [-0.05, 0) is 139 Å². The number of carbonyl (C=O) groups excluding carboxylic acids is 2. The number of hydrogen-bond donors (Lipinski definition) is 1. The second-order valence-electron chi connectivity index (χ2n) is 15.1. The van der Waals surface area contributed by atoms with Crippen LogP contribution < -0.4 is 15.0 Å². The molecule has 8 nitrogen and oxygen atoms in total. The highest BCUT2D eigenvalue weighted by atomic mass is 16.6. The Labute approximate surface area is 280 Å². The van der Waals surface area contributed by atoms with Gasteiger partial charge in [0, 0.05) is 36.0 Å². The molecule has 3 aromatic rings. The van der Waals surface area contributed by atoms with Gasteiger partial charge in [0.2, 0.25) is 5.91 Å². The summed E-state index contributed by atoms with van der Waals surface area (Å²) >= 11 is 0. The highest BCUT2D eigenvalue weighted by molar-refractivity contribution is 5.95. The second kappa shape index (κ2) is 14.1. The molecule has 3 aliphatic rings. The van der Waals surface area contributed by atoms with E-state index in [-0.39, 0.29) is 24.0 Å². The summed E-state index contributed by atoms with van der Waals surface area (Å²) in [6, 6.07) is 15.6. The first kappa shape index (κ1) is 33.1. The molecule has 1 N–H and O–H groups in total. The summed E-state index contributed by atoms with van der Waals surface area (Å²) in [5.41, 5.74) is 5.20. The molecule has 0 spiro atoms. The third-order valence-corrected chi connectivity index (χ3v) is 10.3. The van der Waals surface area contributed by atoms with Crippen LogP contribution in [0.2, 0.25) is 0 Å². The summed E-state index contributed by atoms with van der Waals surface area (Å²) in [5, 5.41) is 7.64. The number of methoxy groups -OCH3 is 1. The van der Waals surface area contributed by atoms with Crippen LogP contribution in [-0.4, -0.2) is 47.1 Å². The van der Waals surface area contributed by atoms with Crippen LogP contribution >= 0.6 is 0 Å². The monoisotopic (exact) mass is 640 g/mol. The average molecular weight is 641 g/mol. The molecule has 1 heterocycles. The first-order chi connectivity index (χ1) is 22.6. The van der Waals surface area contributed by atoms with Crippen LogP contribution in [0.1, 0.15) is 108 Å². The Morgan fingerprint density at radius 3 is 2.34 bits per heavy atom. The maximum Gasteiger partial charge on any atom is 0.407 e. The SMILES string of the molecule is COc1ccc(C2CCC(CN(C(=O)C3CCC(NC(=O)OC(C)(C)C)CC3)c3cccc(-c4cnn(C5CC5)c4)c3)CC2)cc1C. The van der Waals surface area contributed by atoms with Gasteiger partial charge in [-0.25, -0.2) is 4.79 Å². The molecule has 1 aromatic heterocycles. The van der Waals surface area contributed by atoms with Crippen molar-refractivity contribution < 1.29 is 19.1 Å². The molecule has 0 atom stereocenters. The fraction of sp³-hybridized carbons (Fsp3) is 0.564.